The summed E-state index contributed by atoms with van der Waals surface area (Å²) in [5.74, 6) is -6.54. The van der Waals surface area contributed by atoms with Gasteiger partial charge in [0.2, 0.25) is 41.4 Å². The van der Waals surface area contributed by atoms with Gasteiger partial charge in [0.25, 0.3) is 0 Å². The van der Waals surface area contributed by atoms with Crippen molar-refractivity contribution in [1.29, 1.82) is 0 Å². The third kappa shape index (κ3) is 16.8. The predicted octanol–water partition coefficient (Wildman–Crippen LogP) is -1.26. The molecule has 1 heterocycles. The second kappa shape index (κ2) is 28.7. The summed E-state index contributed by atoms with van der Waals surface area (Å²) in [7, 11) is 0. The van der Waals surface area contributed by atoms with Gasteiger partial charge in [0.15, 0.2) is 0 Å². The van der Waals surface area contributed by atoms with Crippen LogP contribution in [-0.2, 0) is 52.8 Å². The van der Waals surface area contributed by atoms with Gasteiger partial charge in [0.1, 0.15) is 36.3 Å². The number of nitrogens with zero attached hydrogens (tertiary/aromatic N) is 1. The van der Waals surface area contributed by atoms with Gasteiger partial charge in [-0.25, -0.2) is 0 Å². The number of hydrogen-bond acceptors (Lipinski definition) is 14. The summed E-state index contributed by atoms with van der Waals surface area (Å²) in [6.45, 7) is 1.88. The maximum atomic E-state index is 14.7. The first-order valence-electron chi connectivity index (χ1n) is 23.3. The number of para-hydroxylation sites is 1. The molecule has 71 heavy (non-hydrogen) atoms. The molecule has 0 aliphatic heterocycles. The van der Waals surface area contributed by atoms with Gasteiger partial charge in [-0.15, -0.1) is 0 Å². The molecule has 15 N–H and O–H groups in total. The number of aliphatic hydroxyl groups excluding tert-OH is 3. The number of aromatic amines is 1. The summed E-state index contributed by atoms with van der Waals surface area (Å²) >= 11 is 8.47. The van der Waals surface area contributed by atoms with Gasteiger partial charge in [-0.2, -0.15) is 25.3 Å². The Morgan fingerprint density at radius 1 is 0.648 bits per heavy atom. The van der Waals surface area contributed by atoms with Gasteiger partial charge in [-0.05, 0) is 68.8 Å². The van der Waals surface area contributed by atoms with E-state index in [2.05, 4.69) is 56.8 Å². The zero-order chi connectivity index (χ0) is 52.2. The number of fused-ring (bicyclic) bond motifs is 1. The van der Waals surface area contributed by atoms with E-state index >= 15 is 0 Å². The highest BCUT2D eigenvalue weighted by atomic mass is 32.1. The van der Waals surface area contributed by atoms with E-state index in [1.807, 2.05) is 48.5 Å². The zero-order valence-electron chi connectivity index (χ0n) is 39.8. The number of H-pyrrole nitrogens is 1. The lowest BCUT2D eigenvalue weighted by Crippen LogP contribution is -2.65. The largest absolute Gasteiger partial charge is 0.394 e. The number of aromatic nitrogens is 1. The van der Waals surface area contributed by atoms with Gasteiger partial charge in [0.05, 0.1) is 30.9 Å². The molecule has 386 valence electrons. The second-order valence-corrected chi connectivity index (χ2v) is 18.1. The van der Waals surface area contributed by atoms with Crippen LogP contribution in [0.2, 0.25) is 0 Å². The Morgan fingerprint density at radius 3 is 1.70 bits per heavy atom. The monoisotopic (exact) mass is 1020 g/mol. The Kier molecular flexibility index (Phi) is 23.3. The minimum atomic E-state index is -1.79. The highest BCUT2D eigenvalue weighted by Gasteiger charge is 2.42. The van der Waals surface area contributed by atoms with Crippen molar-refractivity contribution in [2.45, 2.75) is 113 Å². The average molecular weight is 1020 g/mol. The van der Waals surface area contributed by atoms with Crippen LogP contribution in [0.4, 0.5) is 0 Å². The topological polar surface area (TPSA) is 337 Å². The molecule has 3 aromatic carbocycles. The summed E-state index contributed by atoms with van der Waals surface area (Å²) in [4.78, 5) is 101. The van der Waals surface area contributed by atoms with E-state index in [4.69, 9.17) is 17.2 Å². The standard InChI is InChI=1S/C49H68N10O10S2/c1-28(61)40(25-60)59(41(27-71)43(52)63)49(69)42(29(2)62)58-45(65)36(19-11-12-20-50)54-47(67)38(23-32-24-53-35-18-10-9-17-33(32)35)56-46(66)37(22-31-15-7-4-8-16-31)55-48(68)39(26-70)57-44(64)34(51)21-30-13-5-3-6-14-30/h3-10,13-18,24,28-29,34,36-42,53,60-62,70-71H,11-12,19-23,25-27,50-51H2,1-2H3,(H2,52,63)(H,54,67)(H,55,68)(H,56,66)(H,57,64)(H,58,65)/t28-,29-,34-,36+,37+,38-,39+,40-,41+,42+/m1/s1. The average Bonchev–Trinajstić information content (AvgIpc) is 3.76. The van der Waals surface area contributed by atoms with Gasteiger partial charge >= 0.3 is 0 Å². The molecule has 0 spiro atoms. The van der Waals surface area contributed by atoms with Crippen LogP contribution in [0.5, 0.6) is 0 Å². The van der Waals surface area contributed by atoms with E-state index in [0.29, 0.717) is 24.0 Å². The number of rotatable bonds is 29. The lowest BCUT2D eigenvalue weighted by Gasteiger charge is -2.39. The third-order valence-electron chi connectivity index (χ3n) is 11.9. The molecule has 0 saturated heterocycles. The Labute approximate surface area is 423 Å². The quantitative estimate of drug-likeness (QED) is 0.0224. The fourth-order valence-electron chi connectivity index (χ4n) is 7.94. The number of carbonyl (C=O) groups excluding carboxylic acids is 7. The van der Waals surface area contributed by atoms with E-state index in [9.17, 15) is 48.9 Å². The van der Waals surface area contributed by atoms with Crippen LogP contribution >= 0.6 is 25.3 Å². The molecular weight excluding hydrogens is 953 g/mol. The fourth-order valence-corrected chi connectivity index (χ4v) is 8.55. The van der Waals surface area contributed by atoms with Gasteiger partial charge in [0, 0.05) is 41.4 Å². The Bertz CT molecular complexity index is 2380. The van der Waals surface area contributed by atoms with Crippen molar-refractivity contribution in [2.75, 3.05) is 24.7 Å². The number of nitrogens with one attached hydrogen (secondary N) is 6. The molecule has 22 heteroatoms. The van der Waals surface area contributed by atoms with Crippen molar-refractivity contribution in [1.82, 2.24) is 36.5 Å². The fraction of sp³-hybridized carbons (Fsp3) is 0.449. The van der Waals surface area contributed by atoms with Crippen molar-refractivity contribution in [3.8, 4) is 0 Å². The van der Waals surface area contributed by atoms with Gasteiger partial charge in [-0.1, -0.05) is 78.9 Å². The molecular formula is C49H68N10O10S2. The smallest absolute Gasteiger partial charge is 0.248 e. The summed E-state index contributed by atoms with van der Waals surface area (Å²) in [5, 5.41) is 45.7. The normalized spacial score (nSPS) is 15.6. The van der Waals surface area contributed by atoms with Crippen LogP contribution in [0.15, 0.2) is 91.1 Å². The first kappa shape index (κ1) is 57.6. The number of hydrogen-bond donors (Lipinski definition) is 14. The summed E-state index contributed by atoms with van der Waals surface area (Å²) in [5.41, 5.74) is 20.4. The number of benzene rings is 3. The van der Waals surface area contributed by atoms with E-state index in [-0.39, 0.29) is 43.7 Å². The maximum absolute atomic E-state index is 14.7. The van der Waals surface area contributed by atoms with Crippen molar-refractivity contribution in [2.24, 2.45) is 17.2 Å². The number of amides is 7. The highest BCUT2D eigenvalue weighted by Crippen LogP contribution is 2.21. The summed E-state index contributed by atoms with van der Waals surface area (Å²) in [6, 6.07) is 14.1. The SMILES string of the molecule is C[C@@H](O)[C@H](NC(=O)[C@H](CCCCN)NC(=O)[C@@H](Cc1c[nH]c2ccccc12)NC(=O)[C@H](Cc1ccccc1)NC(=O)[C@H](CS)NC(=O)[C@H](N)Cc1ccccc1)C(=O)N([C@H](CO)[C@@H](C)O)[C@@H](CS)C(N)=O. The van der Waals surface area contributed by atoms with Crippen LogP contribution in [0.25, 0.3) is 10.9 Å². The molecule has 0 saturated carbocycles. The second-order valence-electron chi connectivity index (χ2n) is 17.3. The summed E-state index contributed by atoms with van der Waals surface area (Å²) < 4.78 is 0. The lowest BCUT2D eigenvalue weighted by atomic mass is 10.0. The molecule has 0 unspecified atom stereocenters. The minimum absolute atomic E-state index is 0.0288. The van der Waals surface area contributed by atoms with Crippen LogP contribution < -0.4 is 43.8 Å². The van der Waals surface area contributed by atoms with E-state index in [1.54, 1.807) is 42.6 Å². The minimum Gasteiger partial charge on any atom is -0.394 e. The molecule has 1 aromatic heterocycles. The van der Waals surface area contributed by atoms with Crippen molar-refractivity contribution >= 4 is 77.5 Å². The third-order valence-corrected chi connectivity index (χ3v) is 12.6. The van der Waals surface area contributed by atoms with E-state index in [0.717, 1.165) is 21.4 Å². The van der Waals surface area contributed by atoms with Crippen LogP contribution in [-0.4, -0.2) is 152 Å². The molecule has 7 amide bonds. The van der Waals surface area contributed by atoms with Crippen molar-refractivity contribution in [3.63, 3.8) is 0 Å². The predicted molar refractivity (Wildman–Crippen MR) is 275 cm³/mol. The first-order chi connectivity index (χ1) is 33.9. The molecule has 4 aromatic rings. The molecule has 0 fully saturated rings. The molecule has 10 atom stereocenters. The number of nitrogens with two attached hydrogens (primary N) is 3. The number of primary amides is 1. The molecule has 4 rings (SSSR count). The Balaban J connectivity index is 1.67. The van der Waals surface area contributed by atoms with Crippen LogP contribution in [0.3, 0.4) is 0 Å². The molecule has 0 aliphatic carbocycles. The summed E-state index contributed by atoms with van der Waals surface area (Å²) in [6.07, 6.45) is -0.624. The van der Waals surface area contributed by atoms with E-state index in [1.165, 1.54) is 13.8 Å². The Hall–Kier alpha value is -6.01. The Morgan fingerprint density at radius 2 is 1.17 bits per heavy atom. The van der Waals surface area contributed by atoms with Crippen molar-refractivity contribution in [3.05, 3.63) is 108 Å². The number of unbranched alkanes of at least 4 members (excludes halogenated alkanes) is 1. The molecule has 0 aliphatic rings. The maximum Gasteiger partial charge on any atom is 0.248 e. The van der Waals surface area contributed by atoms with Crippen LogP contribution in [0.1, 0.15) is 49.8 Å². The van der Waals surface area contributed by atoms with Gasteiger partial charge < -0.3 is 69.0 Å². The van der Waals surface area contributed by atoms with Crippen LogP contribution in [0, 0.1) is 0 Å². The molecule has 20 nitrogen and oxygen atoms in total. The highest BCUT2D eigenvalue weighted by molar-refractivity contribution is 7.80. The first-order valence-corrected chi connectivity index (χ1v) is 24.6. The number of thiol groups is 2. The zero-order valence-corrected chi connectivity index (χ0v) is 41.6. The number of aliphatic hydroxyl groups is 3. The van der Waals surface area contributed by atoms with E-state index < -0.39 is 108 Å². The van der Waals surface area contributed by atoms with Crippen molar-refractivity contribution < 1.29 is 48.9 Å². The van der Waals surface area contributed by atoms with Gasteiger partial charge in [-0.3, -0.25) is 33.6 Å². The molecule has 0 bridgehead atoms. The number of carbonyl (C=O) groups is 7. The molecule has 0 radical (unpaired) electrons. The lowest BCUT2D eigenvalue weighted by molar-refractivity contribution is -0.151.